The standard InChI is InChI=1S/2CH3.4ClH.Sn/h2*1H3;4*1H;/q;;;;;;+2/p-2. The van der Waals surface area contributed by atoms with Gasteiger partial charge >= 0.3 is 43.8 Å². The molecule has 7 heavy (non-hydrogen) atoms. The Morgan fingerprint density at radius 3 is 1.00 bits per heavy atom. The molecule has 0 aromatic rings. The number of hydrogen-bond acceptors (Lipinski definition) is 0. The van der Waals surface area contributed by atoms with Crippen LogP contribution in [0.3, 0.4) is 0 Å². The van der Waals surface area contributed by atoms with Crippen molar-refractivity contribution in [2.75, 3.05) is 0 Å². The van der Waals surface area contributed by atoms with Gasteiger partial charge in [-0.05, 0) is 0 Å². The summed E-state index contributed by atoms with van der Waals surface area (Å²) in [4.78, 5) is 3.86. The molecule has 0 radical (unpaired) electrons. The second-order valence-electron chi connectivity index (χ2n) is 1.33. The fourth-order valence-corrected chi connectivity index (χ4v) is 0. The maximum absolute atomic E-state index is 5.51. The van der Waals surface area contributed by atoms with E-state index in [1.807, 2.05) is 9.88 Å². The van der Waals surface area contributed by atoms with E-state index in [4.69, 9.17) is 17.8 Å². The van der Waals surface area contributed by atoms with Gasteiger partial charge in [-0.1, -0.05) is 0 Å². The topological polar surface area (TPSA) is 0 Å². The first-order valence-electron chi connectivity index (χ1n) is 1.38. The van der Waals surface area contributed by atoms with Gasteiger partial charge in [0, 0.05) is 0 Å². The molecule has 0 fully saturated rings. The van der Waals surface area contributed by atoms with Crippen LogP contribution in [-0.2, 0) is 0 Å². The van der Waals surface area contributed by atoms with Gasteiger partial charge in [-0.25, -0.2) is 0 Å². The Kier molecular flexibility index (Phi) is 13.9. The Hall–Kier alpha value is 1.96. The van der Waals surface area contributed by atoms with Gasteiger partial charge in [0.15, 0.2) is 0 Å². The van der Waals surface area contributed by atoms with Gasteiger partial charge in [-0.15, -0.1) is 24.8 Å². The molecule has 0 rings (SSSR count). The minimum atomic E-state index is -2.24. The summed E-state index contributed by atoms with van der Waals surface area (Å²) < 4.78 is 0. The van der Waals surface area contributed by atoms with E-state index in [2.05, 4.69) is 0 Å². The SMILES string of the molecule is Cl.Cl.[CH3][Sn]([CH3])([Cl])[Cl]. The molecule has 0 atom stereocenters. The number of rotatable bonds is 0. The van der Waals surface area contributed by atoms with E-state index in [9.17, 15) is 0 Å². The molecule has 0 unspecified atom stereocenters. The second kappa shape index (κ2) is 6.08. The van der Waals surface area contributed by atoms with Crippen molar-refractivity contribution >= 4 is 58.8 Å². The molecule has 0 heterocycles. The van der Waals surface area contributed by atoms with Crippen molar-refractivity contribution in [1.29, 1.82) is 0 Å². The van der Waals surface area contributed by atoms with E-state index in [-0.39, 0.29) is 24.8 Å². The quantitative estimate of drug-likeness (QED) is 0.602. The monoisotopic (exact) mass is 292 g/mol. The van der Waals surface area contributed by atoms with E-state index < -0.39 is 16.1 Å². The first-order valence-corrected chi connectivity index (χ1v) is 14.3. The van der Waals surface area contributed by atoms with Crippen LogP contribution < -0.4 is 0 Å². The molecule has 0 aliphatic carbocycles. The first kappa shape index (κ1) is 16.0. The predicted octanol–water partition coefficient (Wildman–Crippen LogP) is 3.01. The molecule has 0 bridgehead atoms. The Balaban J connectivity index is -0.0000000800. The van der Waals surface area contributed by atoms with Crippen molar-refractivity contribution in [3.8, 4) is 0 Å². The van der Waals surface area contributed by atoms with Gasteiger partial charge in [-0.3, -0.25) is 0 Å². The van der Waals surface area contributed by atoms with Crippen LogP contribution in [-0.4, -0.2) is 16.1 Å². The molecule has 5 heteroatoms. The summed E-state index contributed by atoms with van der Waals surface area (Å²) in [6.07, 6.45) is 0. The van der Waals surface area contributed by atoms with Crippen LogP contribution in [0.5, 0.6) is 0 Å². The summed E-state index contributed by atoms with van der Waals surface area (Å²) in [6.45, 7) is 0. The van der Waals surface area contributed by atoms with E-state index in [1.165, 1.54) is 0 Å². The van der Waals surface area contributed by atoms with Crippen molar-refractivity contribution in [3.05, 3.63) is 0 Å². The molecule has 0 aromatic heterocycles. The second-order valence-corrected chi connectivity index (χ2v) is 22.9. The van der Waals surface area contributed by atoms with Crippen molar-refractivity contribution in [2.24, 2.45) is 0 Å². The Morgan fingerprint density at radius 1 is 1.00 bits per heavy atom. The Labute approximate surface area is 68.1 Å². The van der Waals surface area contributed by atoms with Crippen LogP contribution in [0.2, 0.25) is 9.88 Å². The van der Waals surface area contributed by atoms with Gasteiger partial charge in [-0.2, -0.15) is 0 Å². The Morgan fingerprint density at radius 2 is 1.00 bits per heavy atom. The Bertz CT molecular complexity index is 25.2. The third-order valence-electron chi connectivity index (χ3n) is 0. The van der Waals surface area contributed by atoms with Gasteiger partial charge < -0.3 is 0 Å². The molecule has 0 aliphatic heterocycles. The zero-order chi connectivity index (χ0) is 4.50. The zero-order valence-electron chi connectivity index (χ0n) is 4.07. The van der Waals surface area contributed by atoms with Crippen molar-refractivity contribution in [3.63, 3.8) is 0 Å². The van der Waals surface area contributed by atoms with Crippen molar-refractivity contribution in [1.82, 2.24) is 0 Å². The fraction of sp³-hybridized carbons (Fsp3) is 1.00. The van der Waals surface area contributed by atoms with E-state index >= 15 is 0 Å². The summed E-state index contributed by atoms with van der Waals surface area (Å²) in [6, 6.07) is 0. The van der Waals surface area contributed by atoms with Crippen molar-refractivity contribution in [2.45, 2.75) is 9.88 Å². The van der Waals surface area contributed by atoms with E-state index in [0.717, 1.165) is 0 Å². The molecule has 0 nitrogen and oxygen atoms in total. The summed E-state index contributed by atoms with van der Waals surface area (Å²) in [5, 5.41) is 0. The van der Waals surface area contributed by atoms with Crippen LogP contribution in [0.25, 0.3) is 0 Å². The van der Waals surface area contributed by atoms with Crippen molar-refractivity contribution < 1.29 is 0 Å². The third kappa shape index (κ3) is 73.7. The third-order valence-corrected chi connectivity index (χ3v) is 0. The molecule has 0 N–H and O–H groups in total. The van der Waals surface area contributed by atoms with Crippen LogP contribution in [0.4, 0.5) is 0 Å². The maximum atomic E-state index is 5.51. The molecular formula is C2H8Cl4Sn. The van der Waals surface area contributed by atoms with Gasteiger partial charge in [0.25, 0.3) is 0 Å². The average molecular weight is 293 g/mol. The number of hydrogen-bond donors (Lipinski definition) is 0. The van der Waals surface area contributed by atoms with E-state index in [1.54, 1.807) is 0 Å². The van der Waals surface area contributed by atoms with Crippen LogP contribution >= 0.6 is 42.7 Å². The molecule has 0 spiro atoms. The van der Waals surface area contributed by atoms with Crippen LogP contribution in [0.15, 0.2) is 0 Å². The molecule has 48 valence electrons. The van der Waals surface area contributed by atoms with Gasteiger partial charge in [0.1, 0.15) is 0 Å². The summed E-state index contributed by atoms with van der Waals surface area (Å²) in [5.74, 6) is 0. The molecule has 0 aromatic carbocycles. The van der Waals surface area contributed by atoms with Gasteiger partial charge in [0.05, 0.1) is 0 Å². The first-order chi connectivity index (χ1) is 2.00. The molecule has 0 saturated carbocycles. The molecular weight excluding hydrogens is 285 g/mol. The minimum absolute atomic E-state index is 0. The fourth-order valence-electron chi connectivity index (χ4n) is 0. The zero-order valence-corrected chi connectivity index (χ0v) is 10.1. The predicted molar refractivity (Wildman–Crippen MR) is 43.7 cm³/mol. The van der Waals surface area contributed by atoms with Gasteiger partial charge in [0.2, 0.25) is 0 Å². The summed E-state index contributed by atoms with van der Waals surface area (Å²) in [7, 11) is 11.0. The van der Waals surface area contributed by atoms with E-state index in [0.29, 0.717) is 0 Å². The molecule has 0 saturated heterocycles. The number of halogens is 4. The summed E-state index contributed by atoms with van der Waals surface area (Å²) >= 11 is -2.24. The van der Waals surface area contributed by atoms with Crippen LogP contribution in [0, 0.1) is 0 Å². The normalized spacial score (nSPS) is 8.57. The average Bonchev–Trinajstić information content (AvgIpc) is 0.722. The molecule has 0 aliphatic rings. The van der Waals surface area contributed by atoms with Crippen LogP contribution in [0.1, 0.15) is 0 Å². The molecule has 0 amide bonds. The summed E-state index contributed by atoms with van der Waals surface area (Å²) in [5.41, 5.74) is 0.